The third kappa shape index (κ3) is 4.07. The first-order valence-corrected chi connectivity index (χ1v) is 7.57. The molecule has 1 amide bonds. The molecule has 0 atom stereocenters. The summed E-state index contributed by atoms with van der Waals surface area (Å²) in [6.07, 6.45) is -4.39. The van der Waals surface area contributed by atoms with Gasteiger partial charge in [0.1, 0.15) is 0 Å². The summed E-state index contributed by atoms with van der Waals surface area (Å²) in [5.41, 5.74) is 2.01. The third-order valence-electron chi connectivity index (χ3n) is 3.72. The molecule has 3 aromatic carbocycles. The Morgan fingerprint density at radius 2 is 1.28 bits per heavy atom. The number of rotatable bonds is 3. The molecular formula is C20H14F3NO. The van der Waals surface area contributed by atoms with Crippen LogP contribution in [0.25, 0.3) is 11.1 Å². The average molecular weight is 341 g/mol. The van der Waals surface area contributed by atoms with Gasteiger partial charge in [-0.05, 0) is 47.5 Å². The van der Waals surface area contributed by atoms with E-state index in [-0.39, 0.29) is 5.91 Å². The van der Waals surface area contributed by atoms with Gasteiger partial charge in [0, 0.05) is 11.3 Å². The Balaban J connectivity index is 1.71. The molecule has 0 spiro atoms. The topological polar surface area (TPSA) is 29.1 Å². The van der Waals surface area contributed by atoms with Crippen molar-refractivity contribution >= 4 is 11.6 Å². The second-order valence-corrected chi connectivity index (χ2v) is 5.47. The van der Waals surface area contributed by atoms with E-state index in [1.807, 2.05) is 42.5 Å². The highest BCUT2D eigenvalue weighted by molar-refractivity contribution is 6.04. The number of halogens is 3. The molecule has 0 aromatic heterocycles. The van der Waals surface area contributed by atoms with Crippen LogP contribution in [0.15, 0.2) is 78.9 Å². The average Bonchev–Trinajstić information content (AvgIpc) is 2.62. The number of benzene rings is 3. The van der Waals surface area contributed by atoms with Crippen LogP contribution in [0.1, 0.15) is 15.9 Å². The predicted molar refractivity (Wildman–Crippen MR) is 91.3 cm³/mol. The molecule has 0 aliphatic rings. The number of nitrogens with one attached hydrogen (secondary N) is 1. The van der Waals surface area contributed by atoms with Gasteiger partial charge >= 0.3 is 6.18 Å². The highest BCUT2D eigenvalue weighted by Crippen LogP contribution is 2.30. The molecule has 1 N–H and O–H groups in total. The molecule has 0 aliphatic heterocycles. The summed E-state index contributed by atoms with van der Waals surface area (Å²) < 4.78 is 37.6. The Kier molecular flexibility index (Phi) is 4.57. The first kappa shape index (κ1) is 16.8. The van der Waals surface area contributed by atoms with Crippen molar-refractivity contribution in [3.05, 3.63) is 90.0 Å². The maximum absolute atomic E-state index is 12.5. The van der Waals surface area contributed by atoms with Gasteiger partial charge in [-0.2, -0.15) is 13.2 Å². The molecule has 0 radical (unpaired) electrons. The molecule has 5 heteroatoms. The first-order chi connectivity index (χ1) is 11.9. The molecule has 0 unspecified atom stereocenters. The molecule has 126 valence electrons. The van der Waals surface area contributed by atoms with Crippen LogP contribution in [-0.2, 0) is 6.18 Å². The number of carbonyl (C=O) groups excluding carboxylic acids is 1. The quantitative estimate of drug-likeness (QED) is 0.658. The Labute approximate surface area is 142 Å². The van der Waals surface area contributed by atoms with Crippen LogP contribution in [0.5, 0.6) is 0 Å². The fourth-order valence-electron chi connectivity index (χ4n) is 2.39. The molecule has 0 aliphatic carbocycles. The number of carbonyl (C=O) groups is 1. The Hall–Kier alpha value is -3.08. The van der Waals surface area contributed by atoms with Gasteiger partial charge in [0.15, 0.2) is 0 Å². The fraction of sp³-hybridized carbons (Fsp3) is 0.0500. The lowest BCUT2D eigenvalue weighted by Gasteiger charge is -2.09. The van der Waals surface area contributed by atoms with Crippen LogP contribution in [0, 0.1) is 0 Å². The van der Waals surface area contributed by atoms with Gasteiger partial charge < -0.3 is 5.32 Å². The summed E-state index contributed by atoms with van der Waals surface area (Å²) in [6, 6.07) is 21.1. The number of amides is 1. The van der Waals surface area contributed by atoms with Gasteiger partial charge in [-0.15, -0.1) is 0 Å². The lowest BCUT2D eigenvalue weighted by molar-refractivity contribution is -0.137. The lowest BCUT2D eigenvalue weighted by atomic mass is 10.0. The van der Waals surface area contributed by atoms with Gasteiger partial charge in [-0.25, -0.2) is 0 Å². The molecular weight excluding hydrogens is 327 g/mol. The molecule has 0 heterocycles. The summed E-state index contributed by atoms with van der Waals surface area (Å²) in [5.74, 6) is -0.376. The molecule has 3 rings (SSSR count). The van der Waals surface area contributed by atoms with Crippen molar-refractivity contribution in [1.29, 1.82) is 0 Å². The van der Waals surface area contributed by atoms with Crippen LogP contribution in [0.4, 0.5) is 18.9 Å². The summed E-state index contributed by atoms with van der Waals surface area (Å²) in [5, 5.41) is 2.59. The van der Waals surface area contributed by atoms with E-state index in [9.17, 15) is 18.0 Å². The largest absolute Gasteiger partial charge is 0.416 e. The van der Waals surface area contributed by atoms with E-state index in [1.165, 1.54) is 12.1 Å². The van der Waals surface area contributed by atoms with E-state index in [0.717, 1.165) is 23.3 Å². The van der Waals surface area contributed by atoms with E-state index in [1.54, 1.807) is 12.1 Å². The summed E-state index contributed by atoms with van der Waals surface area (Å²) in [6.45, 7) is 0. The van der Waals surface area contributed by atoms with Gasteiger partial charge in [0.25, 0.3) is 5.91 Å². The predicted octanol–water partition coefficient (Wildman–Crippen LogP) is 5.62. The second-order valence-electron chi connectivity index (χ2n) is 5.47. The fourth-order valence-corrected chi connectivity index (χ4v) is 2.39. The molecule has 0 saturated heterocycles. The van der Waals surface area contributed by atoms with Crippen molar-refractivity contribution in [3.63, 3.8) is 0 Å². The maximum Gasteiger partial charge on any atom is 0.416 e. The van der Waals surface area contributed by atoms with Crippen LogP contribution in [0.3, 0.4) is 0 Å². The monoisotopic (exact) mass is 341 g/mol. The Morgan fingerprint density at radius 1 is 0.720 bits per heavy atom. The minimum atomic E-state index is -4.39. The van der Waals surface area contributed by atoms with Crippen LogP contribution < -0.4 is 5.32 Å². The van der Waals surface area contributed by atoms with Crippen LogP contribution >= 0.6 is 0 Å². The Bertz CT molecular complexity index is 854. The van der Waals surface area contributed by atoms with E-state index in [2.05, 4.69) is 5.32 Å². The first-order valence-electron chi connectivity index (χ1n) is 7.57. The van der Waals surface area contributed by atoms with Gasteiger partial charge in [0.05, 0.1) is 5.56 Å². The van der Waals surface area contributed by atoms with Crippen LogP contribution in [0.2, 0.25) is 0 Å². The normalized spacial score (nSPS) is 11.2. The standard InChI is InChI=1S/C20H14F3NO/c21-20(22,23)17-10-12-18(13-11-17)24-19(25)16-8-6-15(7-9-16)14-4-2-1-3-5-14/h1-13H,(H,24,25). The smallest absolute Gasteiger partial charge is 0.322 e. The number of hydrogen-bond acceptors (Lipinski definition) is 1. The van der Waals surface area contributed by atoms with E-state index < -0.39 is 11.7 Å². The summed E-state index contributed by atoms with van der Waals surface area (Å²) >= 11 is 0. The maximum atomic E-state index is 12.5. The minimum absolute atomic E-state index is 0.310. The summed E-state index contributed by atoms with van der Waals surface area (Å²) in [7, 11) is 0. The van der Waals surface area contributed by atoms with Crippen molar-refractivity contribution in [3.8, 4) is 11.1 Å². The molecule has 0 bridgehead atoms. The van der Waals surface area contributed by atoms with Gasteiger partial charge in [-0.1, -0.05) is 42.5 Å². The van der Waals surface area contributed by atoms with Crippen molar-refractivity contribution < 1.29 is 18.0 Å². The van der Waals surface area contributed by atoms with Crippen molar-refractivity contribution in [2.24, 2.45) is 0 Å². The van der Waals surface area contributed by atoms with Crippen LogP contribution in [-0.4, -0.2) is 5.91 Å². The Morgan fingerprint density at radius 3 is 1.84 bits per heavy atom. The lowest BCUT2D eigenvalue weighted by Crippen LogP contribution is -2.12. The van der Waals surface area contributed by atoms with Crippen molar-refractivity contribution in [1.82, 2.24) is 0 Å². The van der Waals surface area contributed by atoms with E-state index >= 15 is 0 Å². The number of alkyl halides is 3. The zero-order valence-corrected chi connectivity index (χ0v) is 13.0. The van der Waals surface area contributed by atoms with Gasteiger partial charge in [-0.3, -0.25) is 4.79 Å². The highest BCUT2D eigenvalue weighted by atomic mass is 19.4. The molecule has 0 fully saturated rings. The second kappa shape index (κ2) is 6.81. The zero-order chi connectivity index (χ0) is 17.9. The third-order valence-corrected chi connectivity index (χ3v) is 3.72. The van der Waals surface area contributed by atoms with E-state index in [4.69, 9.17) is 0 Å². The van der Waals surface area contributed by atoms with E-state index in [0.29, 0.717) is 11.3 Å². The number of hydrogen-bond donors (Lipinski definition) is 1. The number of anilines is 1. The molecule has 25 heavy (non-hydrogen) atoms. The zero-order valence-electron chi connectivity index (χ0n) is 13.0. The molecule has 0 saturated carbocycles. The SMILES string of the molecule is O=C(Nc1ccc(C(F)(F)F)cc1)c1ccc(-c2ccccc2)cc1. The summed E-state index contributed by atoms with van der Waals surface area (Å²) in [4.78, 5) is 12.2. The van der Waals surface area contributed by atoms with Crippen molar-refractivity contribution in [2.45, 2.75) is 6.18 Å². The van der Waals surface area contributed by atoms with Crippen molar-refractivity contribution in [2.75, 3.05) is 5.32 Å². The minimum Gasteiger partial charge on any atom is -0.322 e. The highest BCUT2D eigenvalue weighted by Gasteiger charge is 2.29. The molecule has 3 aromatic rings. The molecule has 2 nitrogen and oxygen atoms in total. The van der Waals surface area contributed by atoms with Gasteiger partial charge in [0.2, 0.25) is 0 Å².